The number of likely N-dealkylation sites (tertiary alicyclic amines) is 1. The summed E-state index contributed by atoms with van der Waals surface area (Å²) in [6.45, 7) is 14.4. The van der Waals surface area contributed by atoms with E-state index < -0.39 is 16.7 Å². The van der Waals surface area contributed by atoms with Crippen molar-refractivity contribution in [3.05, 3.63) is 59.9 Å². The normalized spacial score (nSPS) is 21.4. The number of hydrogen-bond donors (Lipinski definition) is 2. The number of fused-ring (bicyclic) bond motifs is 2. The molecule has 1 saturated heterocycles. The second-order valence-corrected chi connectivity index (χ2v) is 10.9. The number of benzene rings is 1. The van der Waals surface area contributed by atoms with Gasteiger partial charge in [0, 0.05) is 48.5 Å². The zero-order valence-electron chi connectivity index (χ0n) is 21.2. The van der Waals surface area contributed by atoms with Crippen molar-refractivity contribution in [1.29, 1.82) is 0 Å². The lowest BCUT2D eigenvalue weighted by atomic mass is 9.73. The minimum absolute atomic E-state index is 0.0782. The average molecular weight is 478 g/mol. The second kappa shape index (κ2) is 8.98. The van der Waals surface area contributed by atoms with Crippen molar-refractivity contribution in [3.63, 3.8) is 0 Å². The summed E-state index contributed by atoms with van der Waals surface area (Å²) in [7, 11) is 0. The Morgan fingerprint density at radius 2 is 2.03 bits per heavy atom. The van der Waals surface area contributed by atoms with Gasteiger partial charge in [-0.1, -0.05) is 37.6 Å². The standard InChI is InChI=1S/C27H35N5O3/c1-17(2)11-26(5,6)25(35)31-15-21(23(33)28-12-19-13-29-32(14-19)18(3)4)27(16-31)20-9-7-8-10-22(20)30-24(27)34/h7-10,13-14,18,21H,1,11-12,15-16H2,2-6H3,(H,28,33)(H,30,34). The number of nitrogens with zero attached hydrogens (tertiary/aromatic N) is 3. The molecule has 1 aromatic carbocycles. The Morgan fingerprint density at radius 1 is 1.31 bits per heavy atom. The Labute approximate surface area is 206 Å². The summed E-state index contributed by atoms with van der Waals surface area (Å²) in [6.07, 6.45) is 4.18. The summed E-state index contributed by atoms with van der Waals surface area (Å²) in [6, 6.07) is 7.66. The number of hydrogen-bond acceptors (Lipinski definition) is 4. The number of para-hydroxylation sites is 1. The highest BCUT2D eigenvalue weighted by molar-refractivity contribution is 6.10. The van der Waals surface area contributed by atoms with E-state index in [2.05, 4.69) is 22.3 Å². The minimum Gasteiger partial charge on any atom is -0.352 e. The SMILES string of the molecule is C=C(C)CC(C)(C)C(=O)N1CC(C(=O)NCc2cnn(C(C)C)c2)C2(C1)C(=O)Nc1ccccc12. The molecular formula is C27H35N5O3. The molecule has 2 aliphatic heterocycles. The molecule has 8 heteroatoms. The van der Waals surface area contributed by atoms with Crippen LogP contribution in [0.5, 0.6) is 0 Å². The maximum Gasteiger partial charge on any atom is 0.237 e. The van der Waals surface area contributed by atoms with Crippen LogP contribution < -0.4 is 10.6 Å². The third-order valence-corrected chi connectivity index (χ3v) is 7.08. The first kappa shape index (κ1) is 24.7. The summed E-state index contributed by atoms with van der Waals surface area (Å²) < 4.78 is 1.84. The lowest BCUT2D eigenvalue weighted by molar-refractivity contribution is -0.139. The molecule has 4 rings (SSSR count). The summed E-state index contributed by atoms with van der Waals surface area (Å²) in [5, 5.41) is 10.3. The Balaban J connectivity index is 1.64. The first-order valence-corrected chi connectivity index (χ1v) is 12.1. The van der Waals surface area contributed by atoms with Gasteiger partial charge in [0.25, 0.3) is 0 Å². The van der Waals surface area contributed by atoms with E-state index in [1.165, 1.54) is 0 Å². The zero-order chi connectivity index (χ0) is 25.5. The third kappa shape index (κ3) is 4.37. The van der Waals surface area contributed by atoms with E-state index in [9.17, 15) is 14.4 Å². The van der Waals surface area contributed by atoms with Crippen molar-refractivity contribution in [1.82, 2.24) is 20.0 Å². The quantitative estimate of drug-likeness (QED) is 0.597. The summed E-state index contributed by atoms with van der Waals surface area (Å²) in [4.78, 5) is 42.3. The monoisotopic (exact) mass is 477 g/mol. The largest absolute Gasteiger partial charge is 0.352 e. The molecule has 0 bridgehead atoms. The number of aromatic nitrogens is 2. The number of carbonyl (C=O) groups is 3. The second-order valence-electron chi connectivity index (χ2n) is 10.9. The van der Waals surface area contributed by atoms with Gasteiger partial charge >= 0.3 is 0 Å². The highest BCUT2D eigenvalue weighted by atomic mass is 16.2. The average Bonchev–Trinajstić information content (AvgIpc) is 3.48. The Morgan fingerprint density at radius 3 is 2.69 bits per heavy atom. The molecule has 2 aromatic rings. The van der Waals surface area contributed by atoms with Gasteiger partial charge in [0.15, 0.2) is 0 Å². The fourth-order valence-electron chi connectivity index (χ4n) is 5.48. The van der Waals surface area contributed by atoms with Crippen LogP contribution in [0, 0.1) is 11.3 Å². The lowest BCUT2D eigenvalue weighted by Gasteiger charge is -2.30. The maximum absolute atomic E-state index is 13.6. The highest BCUT2D eigenvalue weighted by Crippen LogP contribution is 2.48. The molecule has 2 atom stereocenters. The van der Waals surface area contributed by atoms with Crippen LogP contribution in [0.4, 0.5) is 5.69 Å². The molecule has 8 nitrogen and oxygen atoms in total. The van der Waals surface area contributed by atoms with Gasteiger partial charge in [-0.15, -0.1) is 6.58 Å². The van der Waals surface area contributed by atoms with Gasteiger partial charge in [-0.3, -0.25) is 19.1 Å². The van der Waals surface area contributed by atoms with Crippen LogP contribution in [-0.4, -0.2) is 45.5 Å². The van der Waals surface area contributed by atoms with Gasteiger partial charge < -0.3 is 15.5 Å². The van der Waals surface area contributed by atoms with Gasteiger partial charge in [0.2, 0.25) is 17.7 Å². The zero-order valence-corrected chi connectivity index (χ0v) is 21.2. The van der Waals surface area contributed by atoms with E-state index in [-0.39, 0.29) is 36.9 Å². The first-order valence-electron chi connectivity index (χ1n) is 12.1. The van der Waals surface area contributed by atoms with E-state index in [0.717, 1.165) is 16.7 Å². The van der Waals surface area contributed by atoms with E-state index in [1.54, 1.807) is 11.1 Å². The van der Waals surface area contributed by atoms with Crippen molar-refractivity contribution in [2.75, 3.05) is 18.4 Å². The lowest BCUT2D eigenvalue weighted by Crippen LogP contribution is -2.48. The summed E-state index contributed by atoms with van der Waals surface area (Å²) in [5.41, 5.74) is 1.45. The molecule has 35 heavy (non-hydrogen) atoms. The van der Waals surface area contributed by atoms with Crippen LogP contribution in [0.15, 0.2) is 48.8 Å². The summed E-state index contributed by atoms with van der Waals surface area (Å²) >= 11 is 0. The molecule has 1 fully saturated rings. The van der Waals surface area contributed by atoms with Crippen LogP contribution in [0.25, 0.3) is 0 Å². The third-order valence-electron chi connectivity index (χ3n) is 7.08. The topological polar surface area (TPSA) is 96.3 Å². The van der Waals surface area contributed by atoms with E-state index in [1.807, 2.05) is 69.8 Å². The van der Waals surface area contributed by atoms with Crippen molar-refractivity contribution in [2.45, 2.75) is 59.0 Å². The molecule has 3 amide bonds. The van der Waals surface area contributed by atoms with Crippen molar-refractivity contribution < 1.29 is 14.4 Å². The van der Waals surface area contributed by atoms with Gasteiger partial charge in [0.1, 0.15) is 5.41 Å². The number of carbonyl (C=O) groups excluding carboxylic acids is 3. The predicted molar refractivity (Wildman–Crippen MR) is 134 cm³/mol. The van der Waals surface area contributed by atoms with E-state index in [0.29, 0.717) is 18.7 Å². The molecule has 2 aliphatic rings. The number of allylic oxidation sites excluding steroid dienone is 1. The molecular weight excluding hydrogens is 442 g/mol. The van der Waals surface area contributed by atoms with Crippen LogP contribution in [0.2, 0.25) is 0 Å². The molecule has 2 unspecified atom stereocenters. The Kier molecular flexibility index (Phi) is 6.34. The van der Waals surface area contributed by atoms with Crippen LogP contribution in [0.1, 0.15) is 58.2 Å². The van der Waals surface area contributed by atoms with Crippen LogP contribution >= 0.6 is 0 Å². The Hall–Kier alpha value is -3.42. The molecule has 1 aromatic heterocycles. The van der Waals surface area contributed by atoms with Crippen molar-refractivity contribution >= 4 is 23.4 Å². The number of nitrogens with one attached hydrogen (secondary N) is 2. The van der Waals surface area contributed by atoms with Crippen molar-refractivity contribution in [3.8, 4) is 0 Å². The number of anilines is 1. The molecule has 0 radical (unpaired) electrons. The minimum atomic E-state index is -1.13. The molecule has 186 valence electrons. The predicted octanol–water partition coefficient (Wildman–Crippen LogP) is 3.42. The van der Waals surface area contributed by atoms with E-state index >= 15 is 0 Å². The number of amides is 3. The van der Waals surface area contributed by atoms with E-state index in [4.69, 9.17) is 0 Å². The fourth-order valence-corrected chi connectivity index (χ4v) is 5.48. The van der Waals surface area contributed by atoms with Crippen LogP contribution in [-0.2, 0) is 26.3 Å². The van der Waals surface area contributed by atoms with Gasteiger partial charge in [-0.05, 0) is 38.8 Å². The molecule has 1 spiro atoms. The maximum atomic E-state index is 13.6. The summed E-state index contributed by atoms with van der Waals surface area (Å²) in [5.74, 6) is -1.27. The first-order chi connectivity index (χ1) is 16.5. The highest BCUT2D eigenvalue weighted by Gasteiger charge is 2.61. The molecule has 0 saturated carbocycles. The Bertz CT molecular complexity index is 1180. The molecule has 2 N–H and O–H groups in total. The molecule has 0 aliphatic carbocycles. The van der Waals surface area contributed by atoms with Gasteiger partial charge in [0.05, 0.1) is 12.1 Å². The van der Waals surface area contributed by atoms with Crippen molar-refractivity contribution in [2.24, 2.45) is 11.3 Å². The smallest absolute Gasteiger partial charge is 0.237 e. The fraction of sp³-hybridized carbons (Fsp3) is 0.481. The van der Waals surface area contributed by atoms with Gasteiger partial charge in [-0.2, -0.15) is 5.10 Å². The van der Waals surface area contributed by atoms with Crippen LogP contribution in [0.3, 0.4) is 0 Å². The van der Waals surface area contributed by atoms with Gasteiger partial charge in [-0.25, -0.2) is 0 Å². The number of rotatable bonds is 7. The molecule has 3 heterocycles.